The van der Waals surface area contributed by atoms with E-state index in [1.165, 1.54) is 0 Å². The minimum Gasteiger partial charge on any atom is -0.472 e. The number of amides is 2. The van der Waals surface area contributed by atoms with Gasteiger partial charge in [0.05, 0.1) is 25.6 Å². The number of hydrogen-bond acceptors (Lipinski definition) is 6. The zero-order valence-electron chi connectivity index (χ0n) is 20.9. The van der Waals surface area contributed by atoms with Gasteiger partial charge in [-0.15, -0.1) is 0 Å². The summed E-state index contributed by atoms with van der Waals surface area (Å²) in [4.78, 5) is 38.1. The van der Waals surface area contributed by atoms with Gasteiger partial charge in [0.2, 0.25) is 11.8 Å². The van der Waals surface area contributed by atoms with Crippen molar-refractivity contribution in [1.29, 1.82) is 0 Å². The van der Waals surface area contributed by atoms with Gasteiger partial charge in [-0.05, 0) is 31.0 Å². The normalized spacial score (nSPS) is 18.3. The van der Waals surface area contributed by atoms with Gasteiger partial charge < -0.3 is 19.6 Å². The zero-order valence-corrected chi connectivity index (χ0v) is 20.9. The molecule has 2 aromatic rings. The van der Waals surface area contributed by atoms with Crippen molar-refractivity contribution in [2.45, 2.75) is 52.2 Å². The monoisotopic (exact) mass is 478 g/mol. The Labute approximate surface area is 207 Å². The van der Waals surface area contributed by atoms with Gasteiger partial charge in [-0.25, -0.2) is 4.98 Å². The highest BCUT2D eigenvalue weighted by molar-refractivity contribution is 5.97. The van der Waals surface area contributed by atoms with Crippen molar-refractivity contribution < 1.29 is 19.4 Å². The number of carbonyl (C=O) groups is 2. The van der Waals surface area contributed by atoms with Gasteiger partial charge in [-0.1, -0.05) is 31.8 Å². The molecule has 0 unspecified atom stereocenters. The molecular weight excluding hydrogens is 444 g/mol. The van der Waals surface area contributed by atoms with Crippen LogP contribution in [0.15, 0.2) is 36.8 Å². The maximum absolute atomic E-state index is 13.4. The molecule has 186 valence electrons. The summed E-state index contributed by atoms with van der Waals surface area (Å²) in [6, 6.07) is 5.00. The van der Waals surface area contributed by atoms with Crippen LogP contribution in [0.5, 0.6) is 5.88 Å². The highest BCUT2D eigenvalue weighted by Gasteiger charge is 2.34. The predicted octanol–water partition coefficient (Wildman–Crippen LogP) is 2.55. The molecule has 0 spiro atoms. The molecule has 0 radical (unpaired) electrons. The average molecular weight is 479 g/mol. The summed E-state index contributed by atoms with van der Waals surface area (Å²) in [5, 5.41) is 9.80. The van der Waals surface area contributed by atoms with Crippen LogP contribution in [0, 0.1) is 17.8 Å². The number of ether oxygens (including phenoxy) is 1. The van der Waals surface area contributed by atoms with Crippen LogP contribution < -0.4 is 4.74 Å². The van der Waals surface area contributed by atoms with Crippen molar-refractivity contribution in [2.75, 3.05) is 26.7 Å². The molecule has 8 heteroatoms. The van der Waals surface area contributed by atoms with E-state index in [1.54, 1.807) is 47.6 Å². The molecule has 1 aliphatic rings. The Morgan fingerprint density at radius 3 is 2.89 bits per heavy atom. The molecule has 3 atom stereocenters. The third kappa shape index (κ3) is 6.80. The second-order valence-corrected chi connectivity index (χ2v) is 9.06. The van der Waals surface area contributed by atoms with E-state index in [0.29, 0.717) is 24.2 Å². The van der Waals surface area contributed by atoms with Crippen LogP contribution in [0.25, 0.3) is 0 Å². The Morgan fingerprint density at radius 1 is 1.40 bits per heavy atom. The van der Waals surface area contributed by atoms with Gasteiger partial charge in [0.15, 0.2) is 0 Å². The number of pyridine rings is 2. The molecule has 0 fully saturated rings. The lowest BCUT2D eigenvalue weighted by molar-refractivity contribution is -0.130. The van der Waals surface area contributed by atoms with Crippen molar-refractivity contribution in [3.8, 4) is 17.7 Å². The van der Waals surface area contributed by atoms with Gasteiger partial charge in [0.25, 0.3) is 5.91 Å². The first-order chi connectivity index (χ1) is 16.8. The van der Waals surface area contributed by atoms with Crippen molar-refractivity contribution in [3.05, 3.63) is 53.5 Å². The minimum atomic E-state index is -0.400. The fourth-order valence-electron chi connectivity index (χ4n) is 3.86. The Morgan fingerprint density at radius 2 is 2.20 bits per heavy atom. The highest BCUT2D eigenvalue weighted by atomic mass is 16.5. The molecular formula is C27H34N4O4. The van der Waals surface area contributed by atoms with Crippen molar-refractivity contribution >= 4 is 11.8 Å². The van der Waals surface area contributed by atoms with Gasteiger partial charge in [0.1, 0.15) is 11.7 Å². The molecule has 1 N–H and O–H groups in total. The molecule has 1 aliphatic heterocycles. The maximum Gasteiger partial charge on any atom is 0.259 e. The summed E-state index contributed by atoms with van der Waals surface area (Å²) >= 11 is 0. The van der Waals surface area contributed by atoms with E-state index in [2.05, 4.69) is 28.7 Å². The van der Waals surface area contributed by atoms with E-state index in [0.717, 1.165) is 18.4 Å². The number of hydrogen-bond donors (Lipinski definition) is 1. The van der Waals surface area contributed by atoms with Crippen LogP contribution in [0.4, 0.5) is 0 Å². The van der Waals surface area contributed by atoms with E-state index in [-0.39, 0.29) is 42.7 Å². The molecule has 0 bridgehead atoms. The van der Waals surface area contributed by atoms with Crippen LogP contribution in [-0.2, 0) is 11.2 Å². The fourth-order valence-corrected chi connectivity index (χ4v) is 3.86. The first kappa shape index (κ1) is 26.2. The molecule has 2 amide bonds. The number of aromatic nitrogens is 2. The number of likely N-dealkylation sites (N-methyl/N-ethyl adjacent to an activating group) is 1. The second-order valence-electron chi connectivity index (χ2n) is 9.06. The third-order valence-electron chi connectivity index (χ3n) is 6.09. The maximum atomic E-state index is 13.4. The van der Waals surface area contributed by atoms with Crippen molar-refractivity contribution in [3.63, 3.8) is 0 Å². The minimum absolute atomic E-state index is 0.0535. The van der Waals surface area contributed by atoms with Gasteiger partial charge in [-0.3, -0.25) is 14.6 Å². The van der Waals surface area contributed by atoms with Crippen LogP contribution in [0.2, 0.25) is 0 Å². The fraction of sp³-hybridized carbons (Fsp3) is 0.481. The third-order valence-corrected chi connectivity index (χ3v) is 6.09. The summed E-state index contributed by atoms with van der Waals surface area (Å²) in [5.41, 5.74) is 1.79. The van der Waals surface area contributed by atoms with E-state index in [4.69, 9.17) is 4.74 Å². The van der Waals surface area contributed by atoms with E-state index >= 15 is 0 Å². The number of aliphatic hydroxyl groups is 1. The summed E-state index contributed by atoms with van der Waals surface area (Å²) in [6.07, 6.45) is 6.51. The number of nitrogens with zero attached hydrogens (tertiary/aromatic N) is 4. The summed E-state index contributed by atoms with van der Waals surface area (Å²) in [5.74, 6) is 5.93. The van der Waals surface area contributed by atoms with E-state index in [1.807, 2.05) is 19.9 Å². The number of carbonyl (C=O) groups excluding carboxylic acids is 2. The number of aliphatic hydroxyl groups excluding tert-OH is 1. The zero-order chi connectivity index (χ0) is 25.4. The smallest absolute Gasteiger partial charge is 0.259 e. The standard InChI is InChI=1S/C27H34N4O4/c1-5-6-7-9-21-12-23-26(29-15-21)35-24(19(2)16-31(27(23)34)20(3)18-32)17-30(4)25(33)13-22-10-8-11-28-14-22/h8,10-12,14-15,19-20,24,32H,5-6,13,16-18H2,1-4H3/t19-,20+,24+/m0/s1. The first-order valence-corrected chi connectivity index (χ1v) is 12.0. The summed E-state index contributed by atoms with van der Waals surface area (Å²) in [7, 11) is 1.74. The average Bonchev–Trinajstić information content (AvgIpc) is 2.86. The molecule has 35 heavy (non-hydrogen) atoms. The Balaban J connectivity index is 1.87. The molecule has 3 rings (SSSR count). The molecule has 0 aromatic carbocycles. The topological polar surface area (TPSA) is 95.9 Å². The van der Waals surface area contributed by atoms with Crippen molar-refractivity contribution in [1.82, 2.24) is 19.8 Å². The quantitative estimate of drug-likeness (QED) is 0.615. The number of fused-ring (bicyclic) bond motifs is 1. The van der Waals surface area contributed by atoms with Crippen LogP contribution in [0.1, 0.15) is 55.1 Å². The van der Waals surface area contributed by atoms with Gasteiger partial charge in [0, 0.05) is 50.1 Å². The predicted molar refractivity (Wildman–Crippen MR) is 133 cm³/mol. The van der Waals surface area contributed by atoms with Crippen LogP contribution >= 0.6 is 0 Å². The lowest BCUT2D eigenvalue weighted by atomic mass is 9.99. The molecule has 0 saturated carbocycles. The van der Waals surface area contributed by atoms with E-state index < -0.39 is 6.10 Å². The molecule has 2 aromatic heterocycles. The van der Waals surface area contributed by atoms with E-state index in [9.17, 15) is 14.7 Å². The number of rotatable bonds is 7. The Bertz CT molecular complexity index is 1080. The first-order valence-electron chi connectivity index (χ1n) is 12.0. The second kappa shape index (κ2) is 12.3. The largest absolute Gasteiger partial charge is 0.472 e. The molecule has 8 nitrogen and oxygen atoms in total. The Kier molecular flexibility index (Phi) is 9.21. The van der Waals surface area contributed by atoms with Gasteiger partial charge in [-0.2, -0.15) is 0 Å². The van der Waals surface area contributed by atoms with Crippen LogP contribution in [-0.4, -0.2) is 75.6 Å². The number of unbranched alkanes of at least 4 members (excludes halogenated alkanes) is 1. The molecule has 0 saturated heterocycles. The summed E-state index contributed by atoms with van der Waals surface area (Å²) < 4.78 is 6.26. The molecule has 3 heterocycles. The summed E-state index contributed by atoms with van der Waals surface area (Å²) in [6.45, 7) is 6.38. The molecule has 0 aliphatic carbocycles. The SMILES string of the molecule is CCCC#Cc1cnc2c(c1)C(=O)N([C@H](C)CO)C[C@H](C)[C@@H](CN(C)C(=O)Cc1cccnc1)O2. The Hall–Kier alpha value is -3.44. The van der Waals surface area contributed by atoms with Gasteiger partial charge >= 0.3 is 0 Å². The lowest BCUT2D eigenvalue weighted by Gasteiger charge is -2.37. The van der Waals surface area contributed by atoms with Crippen molar-refractivity contribution in [2.24, 2.45) is 5.92 Å². The lowest BCUT2D eigenvalue weighted by Crippen LogP contribution is -2.50. The van der Waals surface area contributed by atoms with Crippen LogP contribution in [0.3, 0.4) is 0 Å². The highest BCUT2D eigenvalue weighted by Crippen LogP contribution is 2.27.